The second-order valence-corrected chi connectivity index (χ2v) is 15.7. The van der Waals surface area contributed by atoms with E-state index in [2.05, 4.69) is 15.6 Å². The zero-order valence-corrected chi connectivity index (χ0v) is 31.7. The first kappa shape index (κ1) is 46.1. The molecule has 0 unspecified atom stereocenters. The Bertz CT molecular complexity index is 1310. The van der Waals surface area contributed by atoms with Crippen molar-refractivity contribution in [3.8, 4) is 0 Å². The summed E-state index contributed by atoms with van der Waals surface area (Å²) in [4.78, 5) is 16.8. The highest BCUT2D eigenvalue weighted by Crippen LogP contribution is 2.35. The van der Waals surface area contributed by atoms with Crippen molar-refractivity contribution in [2.24, 2.45) is 51.0 Å². The minimum atomic E-state index is -1.70. The van der Waals surface area contributed by atoms with Crippen LogP contribution in [0.2, 0.25) is 0 Å². The van der Waals surface area contributed by atoms with Crippen LogP contribution in [0.15, 0.2) is 4.99 Å². The van der Waals surface area contributed by atoms with Crippen LogP contribution in [0.5, 0.6) is 0 Å². The highest BCUT2D eigenvalue weighted by atomic mass is 16.8. The molecule has 5 fully saturated rings. The number of amides is 1. The maximum absolute atomic E-state index is 13.0. The van der Waals surface area contributed by atoms with Crippen LogP contribution >= 0.6 is 0 Å². The number of nitrogens with zero attached hydrogens (tertiary/aromatic N) is 1. The van der Waals surface area contributed by atoms with Gasteiger partial charge in [0.25, 0.3) is 0 Å². The van der Waals surface area contributed by atoms with Gasteiger partial charge in [0.05, 0.1) is 36.9 Å². The molecule has 5 rings (SSSR count). The Hall–Kier alpha value is -2.02. The maximum atomic E-state index is 13.0. The normalized spacial score (nSPS) is 45.5. The monoisotopic (exact) mass is 824 g/mol. The van der Waals surface area contributed by atoms with Crippen LogP contribution in [0, 0.1) is 5.92 Å². The molecule has 2 aliphatic carbocycles. The minimum Gasteiger partial charge on any atom is -0.394 e. The zero-order valence-electron chi connectivity index (χ0n) is 31.7. The number of rotatable bonds is 17. The molecule has 23 N–H and O–H groups in total. The number of nitrogens with two attached hydrogens (primary N) is 7. The lowest BCUT2D eigenvalue weighted by Gasteiger charge is -2.47. The van der Waals surface area contributed by atoms with E-state index >= 15 is 0 Å². The molecule has 330 valence electrons. The fourth-order valence-corrected chi connectivity index (χ4v) is 7.91. The van der Waals surface area contributed by atoms with Gasteiger partial charge in [-0.05, 0) is 38.1 Å². The molecule has 5 aliphatic rings. The van der Waals surface area contributed by atoms with Crippen LogP contribution in [0.25, 0.3) is 0 Å². The van der Waals surface area contributed by atoms with E-state index in [1.807, 2.05) is 0 Å². The first-order valence-corrected chi connectivity index (χ1v) is 19.4. The van der Waals surface area contributed by atoms with Crippen molar-refractivity contribution < 1.29 is 69.0 Å². The van der Waals surface area contributed by atoms with Crippen molar-refractivity contribution in [3.05, 3.63) is 0 Å². The molecule has 0 spiro atoms. The van der Waals surface area contributed by atoms with Crippen LogP contribution in [0.1, 0.15) is 32.1 Å². The summed E-state index contributed by atoms with van der Waals surface area (Å²) in [6.07, 6.45) is -18.4. The standard InChI is InChI=1S/C33H64N10O14/c34-7-18-23(48)24(49)21(38)31(52-18)56-27-20(10-44)54-32(25(27)50)57-28-22(47)15(43-29(51)16(45)1-2-42-33(39)40)5-13(36)26(28)55-30-14(37)6-17(46)19(53-30)9-41-8-11-3-12(35)4-11/h11-28,30-32,41,44-50H,1-10,34-38H2,(H,43,51)(H4,39,40,42)/t11?,12?,13-,14+,15+,16-,17-,18-,19+,20+,21+,22-,23+,24+,25+,26+,27+,28+,30+,31+,32-/m0/s1. The van der Waals surface area contributed by atoms with Crippen LogP contribution in [-0.2, 0) is 33.2 Å². The molecule has 19 atom stereocenters. The number of ether oxygens (including phenoxy) is 6. The van der Waals surface area contributed by atoms with Gasteiger partial charge in [0.1, 0.15) is 61.0 Å². The lowest BCUT2D eigenvalue weighted by atomic mass is 9.81. The topological polar surface area (TPSA) is 433 Å². The van der Waals surface area contributed by atoms with Crippen molar-refractivity contribution in [2.75, 3.05) is 32.8 Å². The van der Waals surface area contributed by atoms with Gasteiger partial charge < -0.3 is 115 Å². The maximum Gasteiger partial charge on any atom is 0.249 e. The van der Waals surface area contributed by atoms with Gasteiger partial charge in [0.15, 0.2) is 24.8 Å². The second-order valence-electron chi connectivity index (χ2n) is 15.7. The smallest absolute Gasteiger partial charge is 0.249 e. The number of nitrogens with one attached hydrogen (secondary N) is 2. The van der Waals surface area contributed by atoms with E-state index in [4.69, 9.17) is 68.6 Å². The molecule has 3 aliphatic heterocycles. The molecule has 3 saturated heterocycles. The fourth-order valence-electron chi connectivity index (χ4n) is 7.91. The molecule has 24 heteroatoms. The van der Waals surface area contributed by atoms with Gasteiger partial charge in [-0.3, -0.25) is 9.79 Å². The zero-order chi connectivity index (χ0) is 41.7. The van der Waals surface area contributed by atoms with Crippen LogP contribution in [-0.4, -0.2) is 203 Å². The minimum absolute atomic E-state index is 0.0533. The van der Waals surface area contributed by atoms with Gasteiger partial charge in [0, 0.05) is 38.1 Å². The lowest BCUT2D eigenvalue weighted by molar-refractivity contribution is -0.296. The Morgan fingerprint density at radius 1 is 0.754 bits per heavy atom. The van der Waals surface area contributed by atoms with E-state index in [1.165, 1.54) is 0 Å². The molecule has 0 bridgehead atoms. The Balaban J connectivity index is 1.32. The predicted octanol–water partition coefficient (Wildman–Crippen LogP) is -9.32. The Morgan fingerprint density at radius 2 is 1.40 bits per heavy atom. The molecule has 0 radical (unpaired) electrons. The SMILES string of the molecule is NC[C@@H]1O[C@H](O[C@H]2[C@@H](O)[C@H](O[C@@H]3[C@@H](O)[C@H](NC(=O)[C@@H](O)CCN=C(N)N)C[C@H](N)[C@H]3O[C@H]3O[C@H](CNCC4CC(N)C4)[C@@H](O)C[C@H]3N)O[C@@H]2CO)[C@H](N)[C@@H](O)[C@@H]1O. The molecule has 0 aromatic carbocycles. The van der Waals surface area contributed by atoms with E-state index in [0.717, 1.165) is 12.8 Å². The van der Waals surface area contributed by atoms with Gasteiger partial charge in [-0.15, -0.1) is 0 Å². The summed E-state index contributed by atoms with van der Waals surface area (Å²) in [5.74, 6) is -0.670. The van der Waals surface area contributed by atoms with Gasteiger partial charge in [0.2, 0.25) is 5.91 Å². The van der Waals surface area contributed by atoms with Gasteiger partial charge in [-0.2, -0.15) is 0 Å². The molecule has 0 aromatic heterocycles. The fraction of sp³-hybridized carbons (Fsp3) is 0.939. The summed E-state index contributed by atoms with van der Waals surface area (Å²) >= 11 is 0. The van der Waals surface area contributed by atoms with E-state index in [0.29, 0.717) is 12.5 Å². The Morgan fingerprint density at radius 3 is 2.05 bits per heavy atom. The molecule has 0 aromatic rings. The highest BCUT2D eigenvalue weighted by molar-refractivity contribution is 5.81. The molecule has 2 saturated carbocycles. The van der Waals surface area contributed by atoms with Crippen molar-refractivity contribution in [2.45, 2.75) is 154 Å². The van der Waals surface area contributed by atoms with E-state index in [9.17, 15) is 40.5 Å². The van der Waals surface area contributed by atoms with E-state index < -0.39 is 129 Å². The lowest BCUT2D eigenvalue weighted by Crippen LogP contribution is -2.67. The number of hydrogen-bond acceptors (Lipinski definition) is 21. The van der Waals surface area contributed by atoms with Crippen molar-refractivity contribution in [1.82, 2.24) is 10.6 Å². The highest BCUT2D eigenvalue weighted by Gasteiger charge is 2.54. The first-order chi connectivity index (χ1) is 27.0. The molecular formula is C33H64N10O14. The number of aliphatic hydroxyl groups excluding tert-OH is 7. The van der Waals surface area contributed by atoms with Crippen LogP contribution in [0.4, 0.5) is 0 Å². The molecule has 57 heavy (non-hydrogen) atoms. The van der Waals surface area contributed by atoms with E-state index in [-0.39, 0.29) is 50.9 Å². The van der Waals surface area contributed by atoms with Crippen LogP contribution < -0.4 is 50.8 Å². The number of carbonyl (C=O) groups excluding carboxylic acids is 1. The largest absolute Gasteiger partial charge is 0.394 e. The van der Waals surface area contributed by atoms with Gasteiger partial charge in [-0.1, -0.05) is 0 Å². The number of hydrogen-bond donors (Lipinski definition) is 16. The number of carbonyl (C=O) groups is 1. The summed E-state index contributed by atoms with van der Waals surface area (Å²) in [5, 5.41) is 81.4. The third kappa shape index (κ3) is 11.2. The Kier molecular flexibility index (Phi) is 16.6. The second kappa shape index (κ2) is 20.5. The summed E-state index contributed by atoms with van der Waals surface area (Å²) < 4.78 is 36.1. The van der Waals surface area contributed by atoms with Crippen molar-refractivity contribution in [3.63, 3.8) is 0 Å². The average molecular weight is 825 g/mol. The summed E-state index contributed by atoms with van der Waals surface area (Å²) in [7, 11) is 0. The summed E-state index contributed by atoms with van der Waals surface area (Å²) in [6.45, 7) is 0.00910. The third-order valence-corrected chi connectivity index (χ3v) is 11.3. The van der Waals surface area contributed by atoms with Gasteiger partial charge in [-0.25, -0.2) is 0 Å². The number of guanidine groups is 1. The van der Waals surface area contributed by atoms with Crippen LogP contribution in [0.3, 0.4) is 0 Å². The molecule has 24 nitrogen and oxygen atoms in total. The predicted molar refractivity (Wildman–Crippen MR) is 197 cm³/mol. The summed E-state index contributed by atoms with van der Waals surface area (Å²) in [6, 6.07) is -4.09. The Labute approximate surface area is 329 Å². The van der Waals surface area contributed by atoms with Gasteiger partial charge >= 0.3 is 0 Å². The third-order valence-electron chi connectivity index (χ3n) is 11.3. The van der Waals surface area contributed by atoms with E-state index in [1.54, 1.807) is 0 Å². The first-order valence-electron chi connectivity index (χ1n) is 19.4. The number of aliphatic imine (C=N–C) groups is 1. The quantitative estimate of drug-likeness (QED) is 0.0478. The molecule has 1 amide bonds. The van der Waals surface area contributed by atoms with Crippen molar-refractivity contribution >= 4 is 11.9 Å². The molecular weight excluding hydrogens is 760 g/mol. The average Bonchev–Trinajstić information content (AvgIpc) is 3.45. The van der Waals surface area contributed by atoms with Crippen molar-refractivity contribution in [1.29, 1.82) is 0 Å². The molecule has 3 heterocycles. The number of aliphatic hydroxyl groups is 7. The summed E-state index contributed by atoms with van der Waals surface area (Å²) in [5.41, 5.74) is 41.3.